The third-order valence-electron chi connectivity index (χ3n) is 1.94. The van der Waals surface area contributed by atoms with Crippen molar-refractivity contribution in [2.24, 2.45) is 0 Å². The summed E-state index contributed by atoms with van der Waals surface area (Å²) < 4.78 is 4.56. The van der Waals surface area contributed by atoms with E-state index >= 15 is 0 Å². The van der Waals surface area contributed by atoms with E-state index in [1.807, 2.05) is 0 Å². The molecule has 1 heterocycles. The molecule has 0 saturated heterocycles. The molecule has 0 saturated carbocycles. The van der Waals surface area contributed by atoms with Gasteiger partial charge < -0.3 is 14.9 Å². The largest absolute Gasteiger partial charge is 0.465 e. The number of thiol groups is 1. The summed E-state index contributed by atoms with van der Waals surface area (Å²) in [6, 6.07) is 1.59. The number of thiophene rings is 1. The topological polar surface area (TPSA) is 66.8 Å². The van der Waals surface area contributed by atoms with Gasteiger partial charge in [-0.2, -0.15) is 12.6 Å². The summed E-state index contributed by atoms with van der Waals surface area (Å²) in [6.07, 6.45) is -2.10. The number of methoxy groups -OCH3 is 1. The number of aliphatic hydroxyl groups is 2. The summed E-state index contributed by atoms with van der Waals surface area (Å²) in [6.45, 7) is 0. The second-order valence-electron chi connectivity index (χ2n) is 2.89. The van der Waals surface area contributed by atoms with Crippen molar-refractivity contribution < 1.29 is 19.7 Å². The van der Waals surface area contributed by atoms with E-state index in [9.17, 15) is 15.0 Å². The molecule has 0 aliphatic heterocycles. The molecule has 0 aromatic carbocycles. The van der Waals surface area contributed by atoms with Gasteiger partial charge in [0.05, 0.1) is 13.2 Å². The Hall–Kier alpha value is -0.560. The first-order chi connectivity index (χ1) is 7.11. The highest BCUT2D eigenvalue weighted by Crippen LogP contribution is 2.26. The molecule has 1 aromatic heterocycles. The van der Waals surface area contributed by atoms with Crippen LogP contribution in [0.5, 0.6) is 0 Å². The first-order valence-electron chi connectivity index (χ1n) is 4.24. The molecule has 2 atom stereocenters. The highest BCUT2D eigenvalue weighted by atomic mass is 32.1. The van der Waals surface area contributed by atoms with E-state index in [-0.39, 0.29) is 5.75 Å². The Labute approximate surface area is 96.9 Å². The number of carbonyl (C=O) groups is 1. The molecule has 0 fully saturated rings. The molecule has 0 aliphatic carbocycles. The molecule has 0 spiro atoms. The first-order valence-corrected chi connectivity index (χ1v) is 5.75. The van der Waals surface area contributed by atoms with E-state index in [4.69, 9.17) is 0 Å². The average Bonchev–Trinajstić information content (AvgIpc) is 2.74. The highest BCUT2D eigenvalue weighted by molar-refractivity contribution is 7.80. The molecule has 1 rings (SSSR count). The van der Waals surface area contributed by atoms with Gasteiger partial charge in [0, 0.05) is 11.3 Å². The average molecular weight is 248 g/mol. The molecular weight excluding hydrogens is 236 g/mol. The third kappa shape index (κ3) is 2.72. The summed E-state index contributed by atoms with van der Waals surface area (Å²) in [5.74, 6) is -0.386. The maximum atomic E-state index is 11.3. The molecule has 6 heteroatoms. The fourth-order valence-corrected chi connectivity index (χ4v) is 2.17. The zero-order valence-corrected chi connectivity index (χ0v) is 9.79. The van der Waals surface area contributed by atoms with Crippen molar-refractivity contribution in [3.05, 3.63) is 21.9 Å². The fraction of sp³-hybridized carbons (Fsp3) is 0.444. The van der Waals surface area contributed by atoms with E-state index < -0.39 is 18.2 Å². The van der Waals surface area contributed by atoms with Gasteiger partial charge in [-0.1, -0.05) is 0 Å². The lowest BCUT2D eigenvalue weighted by atomic mass is 10.1. The van der Waals surface area contributed by atoms with Gasteiger partial charge in [0.15, 0.2) is 0 Å². The van der Waals surface area contributed by atoms with E-state index in [2.05, 4.69) is 17.4 Å². The summed E-state index contributed by atoms with van der Waals surface area (Å²) in [5.41, 5.74) is 0.383. The van der Waals surface area contributed by atoms with Gasteiger partial charge in [-0.3, -0.25) is 0 Å². The van der Waals surface area contributed by atoms with Gasteiger partial charge in [0.1, 0.15) is 11.0 Å². The minimum atomic E-state index is -1.11. The predicted molar refractivity (Wildman–Crippen MR) is 60.5 cm³/mol. The maximum absolute atomic E-state index is 11.3. The molecule has 4 nitrogen and oxygen atoms in total. The molecule has 1 aromatic rings. The van der Waals surface area contributed by atoms with Gasteiger partial charge in [-0.15, -0.1) is 11.3 Å². The van der Waals surface area contributed by atoms with Crippen molar-refractivity contribution in [1.82, 2.24) is 0 Å². The van der Waals surface area contributed by atoms with Crippen LogP contribution >= 0.6 is 24.0 Å². The molecular formula is C9H12O4S2. The van der Waals surface area contributed by atoms with Crippen molar-refractivity contribution in [1.29, 1.82) is 0 Å². The number of ether oxygens (including phenoxy) is 1. The van der Waals surface area contributed by atoms with Gasteiger partial charge in [0.25, 0.3) is 0 Å². The zero-order valence-electron chi connectivity index (χ0n) is 8.08. The molecule has 0 bridgehead atoms. The number of rotatable bonds is 4. The summed E-state index contributed by atoms with van der Waals surface area (Å²) in [7, 11) is 1.27. The van der Waals surface area contributed by atoms with Crippen LogP contribution < -0.4 is 0 Å². The standard InChI is InChI=1S/C9H12O4S2/c1-13-9(12)8-5(2-3-15-8)7(11)6(10)4-14/h2-3,6-7,10-11,14H,4H2,1H3. The second kappa shape index (κ2) is 5.50. The first kappa shape index (κ1) is 12.5. The van der Waals surface area contributed by atoms with Gasteiger partial charge in [-0.25, -0.2) is 4.79 Å². The molecule has 0 amide bonds. The molecule has 0 aliphatic rings. The van der Waals surface area contributed by atoms with Crippen LogP contribution in [0.4, 0.5) is 0 Å². The van der Waals surface area contributed by atoms with Crippen LogP contribution in [0.15, 0.2) is 11.4 Å². The van der Waals surface area contributed by atoms with E-state index in [0.717, 1.165) is 0 Å². The third-order valence-corrected chi connectivity index (χ3v) is 3.22. The van der Waals surface area contributed by atoms with Crippen LogP contribution in [0.1, 0.15) is 21.3 Å². The van der Waals surface area contributed by atoms with Gasteiger partial charge >= 0.3 is 5.97 Å². The molecule has 15 heavy (non-hydrogen) atoms. The van der Waals surface area contributed by atoms with E-state index in [1.165, 1.54) is 18.4 Å². The van der Waals surface area contributed by atoms with Crippen LogP contribution in [0.2, 0.25) is 0 Å². The van der Waals surface area contributed by atoms with Crippen molar-refractivity contribution in [2.45, 2.75) is 12.2 Å². The van der Waals surface area contributed by atoms with Gasteiger partial charge in [-0.05, 0) is 11.4 Å². The lowest BCUT2D eigenvalue weighted by Crippen LogP contribution is -2.21. The molecule has 2 N–H and O–H groups in total. The van der Waals surface area contributed by atoms with Gasteiger partial charge in [0.2, 0.25) is 0 Å². The van der Waals surface area contributed by atoms with E-state index in [0.29, 0.717) is 10.4 Å². The number of carbonyl (C=O) groups excluding carboxylic acids is 1. The summed E-state index contributed by atoms with van der Waals surface area (Å²) in [4.78, 5) is 11.6. The van der Waals surface area contributed by atoms with Crippen molar-refractivity contribution in [3.8, 4) is 0 Å². The molecule has 2 unspecified atom stereocenters. The number of aliphatic hydroxyl groups excluding tert-OH is 2. The van der Waals surface area contributed by atoms with Crippen molar-refractivity contribution >= 4 is 29.9 Å². The zero-order chi connectivity index (χ0) is 11.4. The number of hydrogen-bond acceptors (Lipinski definition) is 6. The Morgan fingerprint density at radius 3 is 2.87 bits per heavy atom. The second-order valence-corrected chi connectivity index (χ2v) is 4.17. The fourth-order valence-electron chi connectivity index (χ4n) is 1.12. The van der Waals surface area contributed by atoms with Crippen molar-refractivity contribution in [2.75, 3.05) is 12.9 Å². The monoisotopic (exact) mass is 248 g/mol. The smallest absolute Gasteiger partial charge is 0.348 e. The molecule has 84 valence electrons. The lowest BCUT2D eigenvalue weighted by Gasteiger charge is -2.15. The highest BCUT2D eigenvalue weighted by Gasteiger charge is 2.24. The predicted octanol–water partition coefficient (Wildman–Crippen LogP) is 0.859. The Morgan fingerprint density at radius 2 is 2.33 bits per heavy atom. The Kier molecular flexibility index (Phi) is 4.59. The van der Waals surface area contributed by atoms with Crippen molar-refractivity contribution in [3.63, 3.8) is 0 Å². The van der Waals surface area contributed by atoms with Crippen LogP contribution in [-0.4, -0.2) is 35.1 Å². The summed E-state index contributed by atoms with van der Waals surface area (Å²) in [5, 5.41) is 20.8. The Balaban J connectivity index is 2.94. The van der Waals surface area contributed by atoms with Crippen LogP contribution in [0, 0.1) is 0 Å². The van der Waals surface area contributed by atoms with Crippen LogP contribution in [-0.2, 0) is 4.74 Å². The maximum Gasteiger partial charge on any atom is 0.348 e. The van der Waals surface area contributed by atoms with Crippen LogP contribution in [0.3, 0.4) is 0 Å². The molecule has 0 radical (unpaired) electrons. The quantitative estimate of drug-likeness (QED) is 0.546. The lowest BCUT2D eigenvalue weighted by molar-refractivity contribution is 0.0322. The van der Waals surface area contributed by atoms with E-state index in [1.54, 1.807) is 11.4 Å². The summed E-state index contributed by atoms with van der Waals surface area (Å²) >= 11 is 5.04. The SMILES string of the molecule is COC(=O)c1sccc1C(O)C(O)CS. The van der Waals surface area contributed by atoms with Crippen LogP contribution in [0.25, 0.3) is 0 Å². The number of hydrogen-bond donors (Lipinski definition) is 3. The normalized spacial score (nSPS) is 14.7. The minimum absolute atomic E-state index is 0.123. The minimum Gasteiger partial charge on any atom is -0.465 e. The number of esters is 1. The Bertz CT molecular complexity index is 337. The Morgan fingerprint density at radius 1 is 1.67 bits per heavy atom.